The number of ether oxygens (including phenoxy) is 1. The first-order chi connectivity index (χ1) is 8.88. The van der Waals surface area contributed by atoms with Crippen LogP contribution < -0.4 is 5.14 Å². The molecule has 0 spiro atoms. The number of hydrogen-bond donors (Lipinski definition) is 1. The summed E-state index contributed by atoms with van der Waals surface area (Å²) < 4.78 is 30.2. The summed E-state index contributed by atoms with van der Waals surface area (Å²) in [6, 6.07) is 0. The molecule has 19 heavy (non-hydrogen) atoms. The molecule has 2 N–H and O–H groups in total. The van der Waals surface area contributed by atoms with Crippen LogP contribution in [0.2, 0.25) is 0 Å². The fourth-order valence-corrected chi connectivity index (χ4v) is 2.83. The third-order valence-corrected chi connectivity index (χ3v) is 4.09. The van der Waals surface area contributed by atoms with E-state index in [1.54, 1.807) is 0 Å². The number of nitrogens with zero attached hydrogens (tertiary/aromatic N) is 2. The van der Waals surface area contributed by atoms with Crippen LogP contribution in [-0.2, 0) is 21.3 Å². The predicted molar refractivity (Wildman–Crippen MR) is 71.3 cm³/mol. The lowest BCUT2D eigenvalue weighted by Gasteiger charge is -2.13. The SMILES string of the molecule is CC(C)c1nc(S(N)(=O)=O)cn1CCC1CCCO1. The van der Waals surface area contributed by atoms with Crippen LogP contribution in [0.3, 0.4) is 0 Å². The van der Waals surface area contributed by atoms with Crippen LogP contribution in [0.1, 0.15) is 44.9 Å². The average molecular weight is 287 g/mol. The topological polar surface area (TPSA) is 87.2 Å². The van der Waals surface area contributed by atoms with E-state index in [2.05, 4.69) is 4.98 Å². The lowest BCUT2D eigenvalue weighted by atomic mass is 10.1. The second-order valence-corrected chi connectivity index (χ2v) is 6.76. The molecule has 7 heteroatoms. The molecule has 1 fully saturated rings. The first kappa shape index (κ1) is 14.5. The van der Waals surface area contributed by atoms with Crippen molar-refractivity contribution in [3.8, 4) is 0 Å². The predicted octanol–water partition coefficient (Wildman–Crippen LogP) is 1.22. The Hall–Kier alpha value is -0.920. The van der Waals surface area contributed by atoms with Crippen molar-refractivity contribution in [3.63, 3.8) is 0 Å². The second-order valence-electron chi connectivity index (χ2n) is 5.25. The van der Waals surface area contributed by atoms with Crippen LogP contribution in [0.5, 0.6) is 0 Å². The second kappa shape index (κ2) is 5.60. The van der Waals surface area contributed by atoms with Crippen LogP contribution in [-0.4, -0.2) is 30.7 Å². The monoisotopic (exact) mass is 287 g/mol. The Labute approximate surface area is 114 Å². The summed E-state index contributed by atoms with van der Waals surface area (Å²) in [6.45, 7) is 5.50. The van der Waals surface area contributed by atoms with E-state index >= 15 is 0 Å². The van der Waals surface area contributed by atoms with Gasteiger partial charge in [-0.05, 0) is 19.3 Å². The number of rotatable bonds is 5. The van der Waals surface area contributed by atoms with E-state index in [-0.39, 0.29) is 17.0 Å². The Kier molecular flexibility index (Phi) is 4.27. The molecule has 1 aliphatic heterocycles. The van der Waals surface area contributed by atoms with E-state index in [4.69, 9.17) is 9.88 Å². The number of aromatic nitrogens is 2. The molecule has 1 unspecified atom stereocenters. The summed E-state index contributed by atoms with van der Waals surface area (Å²) in [5, 5.41) is 5.08. The highest BCUT2D eigenvalue weighted by Crippen LogP contribution is 2.20. The van der Waals surface area contributed by atoms with Crippen molar-refractivity contribution in [1.29, 1.82) is 0 Å². The zero-order chi connectivity index (χ0) is 14.0. The molecule has 1 aromatic rings. The van der Waals surface area contributed by atoms with Crippen molar-refractivity contribution >= 4 is 10.0 Å². The third-order valence-electron chi connectivity index (χ3n) is 3.31. The minimum absolute atomic E-state index is 0.0523. The van der Waals surface area contributed by atoms with Crippen LogP contribution in [0.15, 0.2) is 11.2 Å². The molecule has 1 saturated heterocycles. The van der Waals surface area contributed by atoms with Crippen LogP contribution in [0, 0.1) is 0 Å². The molecule has 6 nitrogen and oxygen atoms in total. The molecule has 0 saturated carbocycles. The normalized spacial score (nSPS) is 20.3. The zero-order valence-corrected chi connectivity index (χ0v) is 12.2. The Balaban J connectivity index is 2.15. The van der Waals surface area contributed by atoms with Gasteiger partial charge in [-0.15, -0.1) is 0 Å². The first-order valence-corrected chi connectivity index (χ1v) is 8.14. The maximum Gasteiger partial charge on any atom is 0.257 e. The summed E-state index contributed by atoms with van der Waals surface area (Å²) in [5.41, 5.74) is 0. The van der Waals surface area contributed by atoms with Crippen molar-refractivity contribution in [2.45, 2.75) is 56.7 Å². The number of primary sulfonamides is 1. The van der Waals surface area contributed by atoms with Gasteiger partial charge in [0, 0.05) is 25.3 Å². The van der Waals surface area contributed by atoms with Crippen molar-refractivity contribution in [2.75, 3.05) is 6.61 Å². The zero-order valence-electron chi connectivity index (χ0n) is 11.4. The van der Waals surface area contributed by atoms with Gasteiger partial charge in [-0.1, -0.05) is 13.8 Å². The van der Waals surface area contributed by atoms with E-state index in [0.717, 1.165) is 31.7 Å². The molecule has 0 bridgehead atoms. The molecule has 0 amide bonds. The lowest BCUT2D eigenvalue weighted by Crippen LogP contribution is -2.12. The molecule has 108 valence electrons. The third kappa shape index (κ3) is 3.55. The van der Waals surface area contributed by atoms with E-state index in [1.807, 2.05) is 18.4 Å². The highest BCUT2D eigenvalue weighted by atomic mass is 32.2. The minimum Gasteiger partial charge on any atom is -0.378 e. The highest BCUT2D eigenvalue weighted by molar-refractivity contribution is 7.89. The quantitative estimate of drug-likeness (QED) is 0.882. The van der Waals surface area contributed by atoms with Crippen molar-refractivity contribution < 1.29 is 13.2 Å². The standard InChI is InChI=1S/C12H21N3O3S/c1-9(2)12-14-11(19(13,16)17)8-15(12)6-5-10-4-3-7-18-10/h8-10H,3-7H2,1-2H3,(H2,13,16,17). The van der Waals surface area contributed by atoms with Gasteiger partial charge in [0.1, 0.15) is 5.82 Å². The van der Waals surface area contributed by atoms with Gasteiger partial charge in [-0.2, -0.15) is 0 Å². The molecule has 1 atom stereocenters. The molecular formula is C12H21N3O3S. The van der Waals surface area contributed by atoms with Gasteiger partial charge in [0.05, 0.1) is 6.10 Å². The van der Waals surface area contributed by atoms with E-state index in [1.165, 1.54) is 6.20 Å². The maximum atomic E-state index is 11.4. The van der Waals surface area contributed by atoms with Crippen molar-refractivity contribution in [2.24, 2.45) is 5.14 Å². The van der Waals surface area contributed by atoms with Crippen LogP contribution >= 0.6 is 0 Å². The van der Waals surface area contributed by atoms with Crippen LogP contribution in [0.25, 0.3) is 0 Å². The van der Waals surface area contributed by atoms with Gasteiger partial charge in [-0.25, -0.2) is 18.5 Å². The van der Waals surface area contributed by atoms with Gasteiger partial charge in [-0.3, -0.25) is 0 Å². The molecule has 0 radical (unpaired) electrons. The van der Waals surface area contributed by atoms with Gasteiger partial charge in [0.25, 0.3) is 10.0 Å². The summed E-state index contributed by atoms with van der Waals surface area (Å²) >= 11 is 0. The van der Waals surface area contributed by atoms with Crippen molar-refractivity contribution in [3.05, 3.63) is 12.0 Å². The summed E-state index contributed by atoms with van der Waals surface area (Å²) in [4.78, 5) is 4.14. The first-order valence-electron chi connectivity index (χ1n) is 6.59. The minimum atomic E-state index is -3.74. The average Bonchev–Trinajstić information content (AvgIpc) is 2.94. The maximum absolute atomic E-state index is 11.4. The fourth-order valence-electron chi connectivity index (χ4n) is 2.34. The summed E-state index contributed by atoms with van der Waals surface area (Å²) in [6.07, 6.45) is 4.86. The van der Waals surface area contributed by atoms with Gasteiger partial charge >= 0.3 is 0 Å². The van der Waals surface area contributed by atoms with Gasteiger partial charge in [0.2, 0.25) is 0 Å². The molecule has 1 aliphatic rings. The Morgan fingerprint density at radius 2 is 2.32 bits per heavy atom. The Morgan fingerprint density at radius 3 is 2.84 bits per heavy atom. The van der Waals surface area contributed by atoms with E-state index in [9.17, 15) is 8.42 Å². The molecule has 1 aromatic heterocycles. The number of sulfonamides is 1. The number of imidazole rings is 1. The Bertz CT molecular complexity index is 530. The number of hydrogen-bond acceptors (Lipinski definition) is 4. The fraction of sp³-hybridized carbons (Fsp3) is 0.750. The molecule has 0 aromatic carbocycles. The van der Waals surface area contributed by atoms with E-state index in [0.29, 0.717) is 6.54 Å². The lowest BCUT2D eigenvalue weighted by molar-refractivity contribution is 0.100. The molecular weight excluding hydrogens is 266 g/mol. The van der Waals surface area contributed by atoms with Crippen molar-refractivity contribution in [1.82, 2.24) is 9.55 Å². The number of nitrogens with two attached hydrogens (primary N) is 1. The van der Waals surface area contributed by atoms with E-state index < -0.39 is 10.0 Å². The highest BCUT2D eigenvalue weighted by Gasteiger charge is 2.20. The molecule has 0 aliphatic carbocycles. The number of aryl methyl sites for hydroxylation is 1. The van der Waals surface area contributed by atoms with Gasteiger partial charge < -0.3 is 9.30 Å². The van der Waals surface area contributed by atoms with Gasteiger partial charge in [0.15, 0.2) is 5.03 Å². The Morgan fingerprint density at radius 1 is 1.58 bits per heavy atom. The smallest absolute Gasteiger partial charge is 0.257 e. The summed E-state index contributed by atoms with van der Waals surface area (Å²) in [7, 11) is -3.74. The summed E-state index contributed by atoms with van der Waals surface area (Å²) in [5.74, 6) is 0.905. The van der Waals surface area contributed by atoms with Crippen LogP contribution in [0.4, 0.5) is 0 Å². The molecule has 2 rings (SSSR count). The molecule has 2 heterocycles. The largest absolute Gasteiger partial charge is 0.378 e.